The molecule has 0 saturated carbocycles. The first-order chi connectivity index (χ1) is 12.1. The lowest BCUT2D eigenvalue weighted by atomic mass is 9.97. The lowest BCUT2D eigenvalue weighted by molar-refractivity contribution is 0.0827. The highest BCUT2D eigenvalue weighted by Crippen LogP contribution is 2.19. The molecular weight excluding hydrogens is 312 g/mol. The Hall–Kier alpha value is -2.30. The van der Waals surface area contributed by atoms with E-state index in [4.69, 9.17) is 0 Å². The number of amides is 1. The van der Waals surface area contributed by atoms with Gasteiger partial charge < -0.3 is 15.5 Å². The zero-order valence-corrected chi connectivity index (χ0v) is 15.6. The van der Waals surface area contributed by atoms with E-state index in [1.807, 2.05) is 24.3 Å². The molecule has 0 atom stereocenters. The van der Waals surface area contributed by atoms with Crippen LogP contribution in [0.5, 0.6) is 0 Å². The molecule has 2 rings (SSSR count). The summed E-state index contributed by atoms with van der Waals surface area (Å²) in [6.07, 6.45) is 8.60. The van der Waals surface area contributed by atoms with Crippen LogP contribution in [0.4, 0.5) is 0 Å². The predicted molar refractivity (Wildman–Crippen MR) is 104 cm³/mol. The molecule has 1 aliphatic carbocycles. The Balaban J connectivity index is 1.76. The number of aliphatic imine (C=N–C) groups is 1. The summed E-state index contributed by atoms with van der Waals surface area (Å²) < 4.78 is 0. The van der Waals surface area contributed by atoms with Crippen LogP contribution in [-0.2, 0) is 6.54 Å². The summed E-state index contributed by atoms with van der Waals surface area (Å²) in [5, 5.41) is 6.69. The fourth-order valence-electron chi connectivity index (χ4n) is 2.90. The Bertz CT molecular complexity index is 617. The van der Waals surface area contributed by atoms with Crippen LogP contribution in [0.2, 0.25) is 0 Å². The fraction of sp³-hybridized carbons (Fsp3) is 0.500. The van der Waals surface area contributed by atoms with Gasteiger partial charge in [-0.1, -0.05) is 23.8 Å². The summed E-state index contributed by atoms with van der Waals surface area (Å²) in [4.78, 5) is 17.7. The summed E-state index contributed by atoms with van der Waals surface area (Å²) >= 11 is 0. The molecule has 0 radical (unpaired) electrons. The monoisotopic (exact) mass is 342 g/mol. The number of carbonyl (C=O) groups excluding carboxylic acids is 1. The van der Waals surface area contributed by atoms with Crippen LogP contribution in [0.3, 0.4) is 0 Å². The van der Waals surface area contributed by atoms with E-state index in [-0.39, 0.29) is 5.91 Å². The summed E-state index contributed by atoms with van der Waals surface area (Å²) in [6, 6.07) is 7.68. The molecule has 1 aliphatic rings. The summed E-state index contributed by atoms with van der Waals surface area (Å²) in [6.45, 7) is 1.58. The van der Waals surface area contributed by atoms with Crippen molar-refractivity contribution in [3.8, 4) is 0 Å². The third kappa shape index (κ3) is 6.25. The molecule has 1 aromatic rings. The third-order valence-electron chi connectivity index (χ3n) is 4.41. The highest BCUT2D eigenvalue weighted by Gasteiger charge is 2.07. The molecule has 0 saturated heterocycles. The fourth-order valence-corrected chi connectivity index (χ4v) is 2.90. The first-order valence-corrected chi connectivity index (χ1v) is 9.03. The van der Waals surface area contributed by atoms with Gasteiger partial charge >= 0.3 is 0 Å². The Morgan fingerprint density at radius 1 is 1.16 bits per heavy atom. The van der Waals surface area contributed by atoms with Crippen LogP contribution in [-0.4, -0.2) is 44.5 Å². The molecule has 0 heterocycles. The van der Waals surface area contributed by atoms with Crippen molar-refractivity contribution in [2.24, 2.45) is 4.99 Å². The molecule has 136 valence electrons. The van der Waals surface area contributed by atoms with Gasteiger partial charge in [-0.25, -0.2) is 0 Å². The van der Waals surface area contributed by atoms with Gasteiger partial charge in [-0.05, 0) is 49.8 Å². The molecule has 1 amide bonds. The van der Waals surface area contributed by atoms with Crippen molar-refractivity contribution in [2.45, 2.75) is 38.6 Å². The van der Waals surface area contributed by atoms with Gasteiger partial charge in [0.25, 0.3) is 5.91 Å². The van der Waals surface area contributed by atoms with Crippen molar-refractivity contribution in [1.29, 1.82) is 0 Å². The Morgan fingerprint density at radius 3 is 2.52 bits per heavy atom. The molecular formula is C20H30N4O. The molecule has 0 fully saturated rings. The Labute approximate surface area is 151 Å². The van der Waals surface area contributed by atoms with Crippen LogP contribution in [0, 0.1) is 0 Å². The number of hydrogen-bond acceptors (Lipinski definition) is 2. The molecule has 0 unspecified atom stereocenters. The molecule has 2 N–H and O–H groups in total. The number of rotatable bonds is 6. The van der Waals surface area contributed by atoms with Gasteiger partial charge in [0, 0.05) is 39.8 Å². The predicted octanol–water partition coefficient (Wildman–Crippen LogP) is 2.94. The van der Waals surface area contributed by atoms with Gasteiger partial charge in [0.05, 0.1) is 0 Å². The number of allylic oxidation sites excluding steroid dienone is 1. The second-order valence-electron chi connectivity index (χ2n) is 6.61. The number of hydrogen-bond donors (Lipinski definition) is 2. The summed E-state index contributed by atoms with van der Waals surface area (Å²) in [5.41, 5.74) is 3.39. The third-order valence-corrected chi connectivity index (χ3v) is 4.41. The second-order valence-corrected chi connectivity index (χ2v) is 6.61. The maximum Gasteiger partial charge on any atom is 0.253 e. The zero-order valence-electron chi connectivity index (χ0n) is 15.6. The molecule has 0 spiro atoms. The molecule has 0 aromatic heterocycles. The number of nitrogens with one attached hydrogen (secondary N) is 2. The minimum absolute atomic E-state index is 0.0222. The number of nitrogens with zero attached hydrogens (tertiary/aromatic N) is 2. The van der Waals surface area contributed by atoms with Crippen molar-refractivity contribution >= 4 is 11.9 Å². The summed E-state index contributed by atoms with van der Waals surface area (Å²) in [7, 11) is 5.31. The van der Waals surface area contributed by atoms with Crippen molar-refractivity contribution in [3.63, 3.8) is 0 Å². The van der Waals surface area contributed by atoms with E-state index in [9.17, 15) is 4.79 Å². The van der Waals surface area contributed by atoms with Gasteiger partial charge in [0.1, 0.15) is 0 Å². The second kappa shape index (κ2) is 9.87. The maximum absolute atomic E-state index is 11.9. The average molecular weight is 342 g/mol. The van der Waals surface area contributed by atoms with E-state index in [2.05, 4.69) is 21.7 Å². The Morgan fingerprint density at radius 2 is 1.92 bits per heavy atom. The molecule has 5 nitrogen and oxygen atoms in total. The quantitative estimate of drug-likeness (QED) is 0.475. The van der Waals surface area contributed by atoms with Gasteiger partial charge in [-0.15, -0.1) is 0 Å². The van der Waals surface area contributed by atoms with Crippen molar-refractivity contribution in [3.05, 3.63) is 47.0 Å². The maximum atomic E-state index is 11.9. The van der Waals surface area contributed by atoms with Gasteiger partial charge in [0.2, 0.25) is 0 Å². The van der Waals surface area contributed by atoms with E-state index < -0.39 is 0 Å². The lowest BCUT2D eigenvalue weighted by Gasteiger charge is -2.15. The SMILES string of the molecule is CN=C(NCCC1=CCCCC1)NCc1ccc(C(=O)N(C)C)cc1. The number of benzene rings is 1. The minimum Gasteiger partial charge on any atom is -0.356 e. The first kappa shape index (κ1) is 19.0. The number of guanidine groups is 1. The van der Waals surface area contributed by atoms with Crippen molar-refractivity contribution < 1.29 is 4.79 Å². The smallest absolute Gasteiger partial charge is 0.253 e. The average Bonchev–Trinajstić information content (AvgIpc) is 2.65. The van der Waals surface area contributed by atoms with Gasteiger partial charge in [-0.3, -0.25) is 9.79 Å². The van der Waals surface area contributed by atoms with Crippen LogP contribution in [0.15, 0.2) is 40.9 Å². The van der Waals surface area contributed by atoms with E-state index in [0.29, 0.717) is 12.1 Å². The molecule has 5 heteroatoms. The molecule has 0 bridgehead atoms. The topological polar surface area (TPSA) is 56.7 Å². The lowest BCUT2D eigenvalue weighted by Crippen LogP contribution is -2.37. The minimum atomic E-state index is 0.0222. The van der Waals surface area contributed by atoms with Gasteiger partial charge in [0.15, 0.2) is 5.96 Å². The first-order valence-electron chi connectivity index (χ1n) is 9.03. The van der Waals surface area contributed by atoms with Crippen LogP contribution in [0.25, 0.3) is 0 Å². The standard InChI is InChI=1S/C20H30N4O/c1-21-20(22-14-13-16-7-5-4-6-8-16)23-15-17-9-11-18(12-10-17)19(25)24(2)3/h7,9-12H,4-6,8,13-15H2,1-3H3,(H2,21,22,23). The van der Waals surface area contributed by atoms with Gasteiger partial charge in [-0.2, -0.15) is 0 Å². The van der Waals surface area contributed by atoms with E-state index >= 15 is 0 Å². The van der Waals surface area contributed by atoms with E-state index in [0.717, 1.165) is 24.5 Å². The van der Waals surface area contributed by atoms with Crippen LogP contribution >= 0.6 is 0 Å². The highest BCUT2D eigenvalue weighted by molar-refractivity contribution is 5.93. The van der Waals surface area contributed by atoms with E-state index in [1.54, 1.807) is 31.6 Å². The number of carbonyl (C=O) groups is 1. The van der Waals surface area contributed by atoms with Crippen molar-refractivity contribution in [2.75, 3.05) is 27.7 Å². The van der Waals surface area contributed by atoms with Crippen molar-refractivity contribution in [1.82, 2.24) is 15.5 Å². The largest absolute Gasteiger partial charge is 0.356 e. The highest BCUT2D eigenvalue weighted by atomic mass is 16.2. The van der Waals surface area contributed by atoms with Crippen LogP contribution in [0.1, 0.15) is 48.0 Å². The molecule has 1 aromatic carbocycles. The molecule has 25 heavy (non-hydrogen) atoms. The van der Waals surface area contributed by atoms with E-state index in [1.165, 1.54) is 25.7 Å². The zero-order chi connectivity index (χ0) is 18.1. The molecule has 0 aliphatic heterocycles. The Kier molecular flexibility index (Phi) is 7.51. The normalized spacial score (nSPS) is 14.7. The summed E-state index contributed by atoms with van der Waals surface area (Å²) in [5.74, 6) is 0.832. The van der Waals surface area contributed by atoms with Crippen LogP contribution < -0.4 is 10.6 Å².